The third-order valence-corrected chi connectivity index (χ3v) is 6.66. The molecule has 1 fully saturated rings. The fraction of sp³-hybridized carbons (Fsp3) is 0.310. The molecule has 0 bridgehead atoms. The first-order chi connectivity index (χ1) is 17.4. The number of hydrogen-bond acceptors (Lipinski definition) is 5. The molecule has 1 heterocycles. The zero-order valence-corrected chi connectivity index (χ0v) is 21.4. The molecule has 1 aliphatic heterocycles. The number of carbonyl (C=O) groups excluding carboxylic acids is 2. The van der Waals surface area contributed by atoms with Gasteiger partial charge in [0.2, 0.25) is 0 Å². The first-order valence-corrected chi connectivity index (χ1v) is 12.4. The normalized spacial score (nSPS) is 14.9. The smallest absolute Gasteiger partial charge is 0.337 e. The zero-order valence-electron chi connectivity index (χ0n) is 20.7. The van der Waals surface area contributed by atoms with Crippen molar-refractivity contribution in [2.45, 2.75) is 19.6 Å². The maximum absolute atomic E-state index is 13.0. The minimum Gasteiger partial charge on any atom is -0.465 e. The lowest BCUT2D eigenvalue weighted by Gasteiger charge is -2.36. The van der Waals surface area contributed by atoms with E-state index in [0.717, 1.165) is 30.8 Å². The number of nitrogens with zero attached hydrogens (tertiary/aromatic N) is 2. The van der Waals surface area contributed by atoms with E-state index in [9.17, 15) is 9.59 Å². The van der Waals surface area contributed by atoms with Crippen LogP contribution in [0.15, 0.2) is 72.8 Å². The SMILES string of the molecule is COC(=O)c1ccc(C(=O)N2CCN(C[C@@H](OCc3cccc(C)c3)c3ccc(Cl)cc3)CC2)cc1. The quantitative estimate of drug-likeness (QED) is 0.395. The van der Waals surface area contributed by atoms with Gasteiger partial charge >= 0.3 is 5.97 Å². The average Bonchev–Trinajstić information content (AvgIpc) is 2.91. The second-order valence-corrected chi connectivity index (χ2v) is 9.44. The highest BCUT2D eigenvalue weighted by Crippen LogP contribution is 2.24. The summed E-state index contributed by atoms with van der Waals surface area (Å²) < 4.78 is 11.1. The summed E-state index contributed by atoms with van der Waals surface area (Å²) >= 11 is 6.11. The first kappa shape index (κ1) is 25.9. The monoisotopic (exact) mass is 506 g/mol. The molecule has 6 nitrogen and oxygen atoms in total. The number of ether oxygens (including phenoxy) is 2. The minimum atomic E-state index is -0.414. The van der Waals surface area contributed by atoms with E-state index in [4.69, 9.17) is 21.1 Å². The van der Waals surface area contributed by atoms with Crippen LogP contribution in [0.3, 0.4) is 0 Å². The Labute approximate surface area is 217 Å². The zero-order chi connectivity index (χ0) is 25.5. The Kier molecular flexibility index (Phi) is 8.75. The molecule has 4 rings (SSSR count). The van der Waals surface area contributed by atoms with Crippen LogP contribution < -0.4 is 0 Å². The predicted octanol–water partition coefficient (Wildman–Crippen LogP) is 5.15. The highest BCUT2D eigenvalue weighted by molar-refractivity contribution is 6.30. The molecule has 36 heavy (non-hydrogen) atoms. The van der Waals surface area contributed by atoms with Gasteiger partial charge in [-0.05, 0) is 54.4 Å². The van der Waals surface area contributed by atoms with E-state index in [1.165, 1.54) is 12.7 Å². The number of aryl methyl sites for hydroxylation is 1. The fourth-order valence-electron chi connectivity index (χ4n) is 4.35. The molecule has 1 atom stereocenters. The number of halogens is 1. The van der Waals surface area contributed by atoms with Gasteiger partial charge in [0.25, 0.3) is 5.91 Å². The van der Waals surface area contributed by atoms with Crippen molar-refractivity contribution in [1.29, 1.82) is 0 Å². The van der Waals surface area contributed by atoms with Gasteiger partial charge in [0.15, 0.2) is 0 Å². The number of benzene rings is 3. The molecule has 188 valence electrons. The summed E-state index contributed by atoms with van der Waals surface area (Å²) in [5, 5.41) is 0.697. The Bertz CT molecular complexity index is 1170. The van der Waals surface area contributed by atoms with E-state index in [-0.39, 0.29) is 12.0 Å². The van der Waals surface area contributed by atoms with Crippen molar-refractivity contribution in [2.75, 3.05) is 39.8 Å². The van der Waals surface area contributed by atoms with Crippen molar-refractivity contribution in [3.63, 3.8) is 0 Å². The van der Waals surface area contributed by atoms with Crippen molar-refractivity contribution in [1.82, 2.24) is 9.80 Å². The molecule has 3 aromatic rings. The summed E-state index contributed by atoms with van der Waals surface area (Å²) in [6.07, 6.45) is -0.115. The average molecular weight is 507 g/mol. The van der Waals surface area contributed by atoms with Crippen LogP contribution in [-0.2, 0) is 16.1 Å². The molecule has 0 unspecified atom stereocenters. The van der Waals surface area contributed by atoms with Gasteiger partial charge < -0.3 is 14.4 Å². The Hall–Kier alpha value is -3.19. The second kappa shape index (κ2) is 12.2. The van der Waals surface area contributed by atoms with Gasteiger partial charge in [-0.1, -0.05) is 53.6 Å². The third kappa shape index (κ3) is 6.72. The number of esters is 1. The summed E-state index contributed by atoms with van der Waals surface area (Å²) in [6.45, 7) is 6.09. The van der Waals surface area contributed by atoms with Crippen LogP contribution in [0.1, 0.15) is 43.5 Å². The third-order valence-electron chi connectivity index (χ3n) is 6.41. The fourth-order valence-corrected chi connectivity index (χ4v) is 4.47. The lowest BCUT2D eigenvalue weighted by molar-refractivity contribution is 0.00341. The lowest BCUT2D eigenvalue weighted by atomic mass is 10.1. The molecule has 0 saturated carbocycles. The maximum atomic E-state index is 13.0. The van der Waals surface area contributed by atoms with Crippen molar-refractivity contribution in [3.05, 3.63) is 106 Å². The van der Waals surface area contributed by atoms with Crippen LogP contribution >= 0.6 is 11.6 Å². The standard InChI is InChI=1S/C29H31ClN2O4/c1-21-4-3-5-22(18-21)20-36-27(23-10-12-26(30)13-11-23)19-31-14-16-32(17-15-31)28(33)24-6-8-25(9-7-24)29(34)35-2/h3-13,18,27H,14-17,19-20H2,1-2H3/t27-/m1/s1. The van der Waals surface area contributed by atoms with Gasteiger partial charge in [0, 0.05) is 43.3 Å². The Balaban J connectivity index is 1.36. The van der Waals surface area contributed by atoms with E-state index >= 15 is 0 Å². The van der Waals surface area contributed by atoms with E-state index in [1.54, 1.807) is 24.3 Å². The molecule has 0 aromatic heterocycles. The number of carbonyl (C=O) groups is 2. The molecule has 1 saturated heterocycles. The van der Waals surface area contributed by atoms with E-state index in [1.807, 2.05) is 35.2 Å². The summed E-state index contributed by atoms with van der Waals surface area (Å²) in [7, 11) is 1.34. The Morgan fingerprint density at radius 1 is 0.917 bits per heavy atom. The molecular weight excluding hydrogens is 476 g/mol. The number of rotatable bonds is 8. The van der Waals surface area contributed by atoms with Crippen molar-refractivity contribution in [3.8, 4) is 0 Å². The van der Waals surface area contributed by atoms with Crippen molar-refractivity contribution < 1.29 is 19.1 Å². The highest BCUT2D eigenvalue weighted by atomic mass is 35.5. The molecule has 0 N–H and O–H groups in total. The number of hydrogen-bond donors (Lipinski definition) is 0. The molecule has 3 aromatic carbocycles. The van der Waals surface area contributed by atoms with Gasteiger partial charge in [-0.3, -0.25) is 9.69 Å². The summed E-state index contributed by atoms with van der Waals surface area (Å²) in [6, 6.07) is 22.8. The van der Waals surface area contributed by atoms with Crippen LogP contribution in [0, 0.1) is 6.92 Å². The number of amides is 1. The maximum Gasteiger partial charge on any atom is 0.337 e. The van der Waals surface area contributed by atoms with Crippen molar-refractivity contribution in [2.24, 2.45) is 0 Å². The summed E-state index contributed by atoms with van der Waals surface area (Å²) in [5.41, 5.74) is 4.42. The molecular formula is C29H31ClN2O4. The van der Waals surface area contributed by atoms with Gasteiger partial charge in [0.1, 0.15) is 0 Å². The van der Waals surface area contributed by atoms with Gasteiger partial charge in [-0.2, -0.15) is 0 Å². The number of methoxy groups -OCH3 is 1. The number of piperazine rings is 1. The van der Waals surface area contributed by atoms with Gasteiger partial charge in [-0.15, -0.1) is 0 Å². The second-order valence-electron chi connectivity index (χ2n) is 9.00. The molecule has 7 heteroatoms. The predicted molar refractivity (Wildman–Crippen MR) is 140 cm³/mol. The van der Waals surface area contributed by atoms with Gasteiger partial charge in [-0.25, -0.2) is 4.79 Å². The van der Waals surface area contributed by atoms with Gasteiger partial charge in [0.05, 0.1) is 25.4 Å². The molecule has 0 radical (unpaired) electrons. The van der Waals surface area contributed by atoms with Crippen LogP contribution in [0.25, 0.3) is 0 Å². The largest absolute Gasteiger partial charge is 0.465 e. The van der Waals surface area contributed by atoms with E-state index < -0.39 is 5.97 Å². The van der Waals surface area contributed by atoms with Crippen LogP contribution in [-0.4, -0.2) is 61.5 Å². The summed E-state index contributed by atoms with van der Waals surface area (Å²) in [4.78, 5) is 28.8. The van der Waals surface area contributed by atoms with Crippen LogP contribution in [0.4, 0.5) is 0 Å². The van der Waals surface area contributed by atoms with Crippen molar-refractivity contribution >= 4 is 23.5 Å². The molecule has 0 aliphatic carbocycles. The van der Waals surface area contributed by atoms with E-state index in [0.29, 0.717) is 35.8 Å². The highest BCUT2D eigenvalue weighted by Gasteiger charge is 2.25. The van der Waals surface area contributed by atoms with Crippen LogP contribution in [0.2, 0.25) is 5.02 Å². The lowest BCUT2D eigenvalue weighted by Crippen LogP contribution is -2.49. The Morgan fingerprint density at radius 2 is 1.58 bits per heavy atom. The summed E-state index contributed by atoms with van der Waals surface area (Å²) in [5.74, 6) is -0.446. The molecule has 1 amide bonds. The van der Waals surface area contributed by atoms with E-state index in [2.05, 4.69) is 30.0 Å². The minimum absolute atomic E-state index is 0.0315. The first-order valence-electron chi connectivity index (χ1n) is 12.1. The Morgan fingerprint density at radius 3 is 2.22 bits per heavy atom. The molecule has 1 aliphatic rings. The molecule has 0 spiro atoms. The topological polar surface area (TPSA) is 59.1 Å². The van der Waals surface area contributed by atoms with Crippen LogP contribution in [0.5, 0.6) is 0 Å².